The first-order valence-corrected chi connectivity index (χ1v) is 16.0. The lowest BCUT2D eigenvalue weighted by Gasteiger charge is -2.25. The summed E-state index contributed by atoms with van der Waals surface area (Å²) < 4.78 is 0. The molecule has 0 spiro atoms. The highest BCUT2D eigenvalue weighted by molar-refractivity contribution is 6.30. The molecule has 0 bridgehead atoms. The number of hydrogen-bond acceptors (Lipinski definition) is 1. The molecule has 0 saturated heterocycles. The van der Waals surface area contributed by atoms with Gasteiger partial charge in [0.15, 0.2) is 0 Å². The molecule has 220 valence electrons. The van der Waals surface area contributed by atoms with Gasteiger partial charge in [-0.15, -0.1) is 0 Å². The lowest BCUT2D eigenvalue weighted by Crippen LogP contribution is -2.11. The lowest BCUT2D eigenvalue weighted by molar-refractivity contribution is 0.589. The van der Waals surface area contributed by atoms with Gasteiger partial charge in [-0.2, -0.15) is 0 Å². The van der Waals surface area contributed by atoms with Crippen LogP contribution in [-0.2, 0) is 17.3 Å². The molecule has 0 aromatic heterocycles. The molecule has 0 fully saturated rings. The molecule has 0 unspecified atom stereocenters. The van der Waals surface area contributed by atoms with Crippen LogP contribution in [0.25, 0.3) is 54.6 Å². The highest BCUT2D eigenvalue weighted by atomic mass is 14.6. The van der Waals surface area contributed by atoms with Gasteiger partial charge in [0.05, 0.1) is 0 Å². The predicted octanol–water partition coefficient (Wildman–Crippen LogP) is 12.1. The summed E-state index contributed by atoms with van der Waals surface area (Å²) in [5, 5.41) is 8.03. The maximum absolute atomic E-state index is 6.88. The van der Waals surface area contributed by atoms with Crippen LogP contribution in [0.15, 0.2) is 72.8 Å². The fourth-order valence-corrected chi connectivity index (χ4v) is 7.03. The Morgan fingerprint density at radius 2 is 1.12 bits per heavy atom. The molecular weight excluding hydrogens is 518 g/mol. The van der Waals surface area contributed by atoms with E-state index in [0.717, 1.165) is 17.7 Å². The number of anilines is 1. The molecule has 2 N–H and O–H groups in total. The van der Waals surface area contributed by atoms with Crippen LogP contribution < -0.4 is 5.73 Å². The van der Waals surface area contributed by atoms with Crippen molar-refractivity contribution in [2.45, 2.75) is 92.4 Å². The van der Waals surface area contributed by atoms with E-state index in [4.69, 9.17) is 5.73 Å². The number of nitrogen functional groups attached to an aromatic ring is 1. The topological polar surface area (TPSA) is 26.0 Å². The van der Waals surface area contributed by atoms with E-state index in [1.807, 2.05) is 0 Å². The van der Waals surface area contributed by atoms with E-state index in [9.17, 15) is 0 Å². The maximum atomic E-state index is 6.88. The minimum absolute atomic E-state index is 0.0469. The van der Waals surface area contributed by atoms with Gasteiger partial charge in [0.1, 0.15) is 0 Å². The van der Waals surface area contributed by atoms with Crippen molar-refractivity contribution in [3.8, 4) is 22.3 Å². The number of nitrogens with two attached hydrogens (primary N) is 1. The van der Waals surface area contributed by atoms with Crippen molar-refractivity contribution >= 4 is 38.0 Å². The van der Waals surface area contributed by atoms with Crippen molar-refractivity contribution in [1.82, 2.24) is 0 Å². The predicted molar refractivity (Wildman–Crippen MR) is 191 cm³/mol. The zero-order chi connectivity index (χ0) is 31.0. The molecule has 6 aromatic carbocycles. The SMILES string of the molecule is CCc1cc(C(C)(C)C)ccc1-c1cc2ccc(C(C)C)c3c(-c4ccc(C(C)(C)C)cc4N)cc4ccc(C)c1c4c23. The first kappa shape index (κ1) is 29.2. The molecule has 6 rings (SSSR count). The Bertz CT molecular complexity index is 2010. The number of aryl methyl sites for hydroxylation is 2. The van der Waals surface area contributed by atoms with Gasteiger partial charge in [-0.25, -0.2) is 0 Å². The number of rotatable bonds is 4. The summed E-state index contributed by atoms with van der Waals surface area (Å²) >= 11 is 0. The highest BCUT2D eigenvalue weighted by Crippen LogP contribution is 2.48. The third-order valence-corrected chi connectivity index (χ3v) is 9.58. The fourth-order valence-electron chi connectivity index (χ4n) is 7.03. The molecule has 0 amide bonds. The van der Waals surface area contributed by atoms with Crippen LogP contribution in [-0.4, -0.2) is 0 Å². The molecule has 0 aliphatic heterocycles. The summed E-state index contributed by atoms with van der Waals surface area (Å²) in [6, 6.07) is 28.0. The lowest BCUT2D eigenvalue weighted by atomic mass is 9.79. The smallest absolute Gasteiger partial charge is 0.0396 e. The van der Waals surface area contributed by atoms with Gasteiger partial charge in [-0.1, -0.05) is 117 Å². The van der Waals surface area contributed by atoms with Gasteiger partial charge in [-0.3, -0.25) is 0 Å². The van der Waals surface area contributed by atoms with E-state index in [-0.39, 0.29) is 10.8 Å². The van der Waals surface area contributed by atoms with Crippen LogP contribution in [0.2, 0.25) is 0 Å². The third kappa shape index (κ3) is 4.78. The molecular formula is C42H47N. The Labute approximate surface area is 258 Å². The van der Waals surface area contributed by atoms with Crippen molar-refractivity contribution in [3.63, 3.8) is 0 Å². The number of hydrogen-bond donors (Lipinski definition) is 1. The second-order valence-corrected chi connectivity index (χ2v) is 15.0. The van der Waals surface area contributed by atoms with E-state index in [0.29, 0.717) is 5.92 Å². The van der Waals surface area contributed by atoms with Crippen LogP contribution in [0.1, 0.15) is 96.0 Å². The van der Waals surface area contributed by atoms with E-state index >= 15 is 0 Å². The average Bonchev–Trinajstić information content (AvgIpc) is 2.94. The summed E-state index contributed by atoms with van der Waals surface area (Å²) in [6.45, 7) is 22.8. The quantitative estimate of drug-likeness (QED) is 0.167. The van der Waals surface area contributed by atoms with Gasteiger partial charge in [0.2, 0.25) is 0 Å². The summed E-state index contributed by atoms with van der Waals surface area (Å²) in [6.07, 6.45) is 1.00. The minimum Gasteiger partial charge on any atom is -0.398 e. The first-order valence-electron chi connectivity index (χ1n) is 16.0. The van der Waals surface area contributed by atoms with Crippen molar-refractivity contribution in [3.05, 3.63) is 101 Å². The van der Waals surface area contributed by atoms with Crippen LogP contribution in [0, 0.1) is 6.92 Å². The third-order valence-electron chi connectivity index (χ3n) is 9.58. The Balaban J connectivity index is 1.74. The van der Waals surface area contributed by atoms with E-state index in [1.165, 1.54) is 76.8 Å². The molecule has 0 atom stereocenters. The number of benzene rings is 6. The van der Waals surface area contributed by atoms with Gasteiger partial charge < -0.3 is 5.73 Å². The summed E-state index contributed by atoms with van der Waals surface area (Å²) in [5.74, 6) is 0.385. The molecule has 43 heavy (non-hydrogen) atoms. The first-order chi connectivity index (χ1) is 20.2. The molecule has 0 radical (unpaired) electrons. The molecule has 0 heterocycles. The highest BCUT2D eigenvalue weighted by Gasteiger charge is 2.24. The summed E-state index contributed by atoms with van der Waals surface area (Å²) in [7, 11) is 0. The van der Waals surface area contributed by atoms with Crippen molar-refractivity contribution in [2.75, 3.05) is 5.73 Å². The average molecular weight is 566 g/mol. The molecule has 0 aliphatic carbocycles. The standard InChI is InChI=1S/C42H47N/c1-11-26-20-29(41(5,6)7)15-18-32(26)34-21-28-14-17-31(24(2)3)40-35(33-19-16-30(23-36(33)43)42(8,9)10)22-27-13-12-25(4)37(34)38(27)39(28)40/h12-24H,11,43H2,1-10H3. The van der Waals surface area contributed by atoms with Gasteiger partial charge in [0, 0.05) is 11.3 Å². The zero-order valence-electron chi connectivity index (χ0n) is 27.8. The van der Waals surface area contributed by atoms with Crippen LogP contribution in [0.4, 0.5) is 5.69 Å². The Hall–Kier alpha value is -3.84. The maximum Gasteiger partial charge on any atom is 0.0396 e. The summed E-state index contributed by atoms with van der Waals surface area (Å²) in [4.78, 5) is 0. The van der Waals surface area contributed by atoms with Crippen LogP contribution in [0.5, 0.6) is 0 Å². The van der Waals surface area contributed by atoms with Crippen LogP contribution in [0.3, 0.4) is 0 Å². The van der Waals surface area contributed by atoms with Gasteiger partial charge >= 0.3 is 0 Å². The second kappa shape index (κ2) is 10.1. The van der Waals surface area contributed by atoms with Gasteiger partial charge in [-0.05, 0) is 125 Å². The minimum atomic E-state index is 0.0469. The van der Waals surface area contributed by atoms with E-state index in [1.54, 1.807) is 0 Å². The molecule has 6 aromatic rings. The largest absolute Gasteiger partial charge is 0.398 e. The Morgan fingerprint density at radius 3 is 1.67 bits per heavy atom. The van der Waals surface area contributed by atoms with Crippen molar-refractivity contribution in [1.29, 1.82) is 0 Å². The van der Waals surface area contributed by atoms with Crippen molar-refractivity contribution in [2.24, 2.45) is 0 Å². The second-order valence-electron chi connectivity index (χ2n) is 15.0. The monoisotopic (exact) mass is 565 g/mol. The Morgan fingerprint density at radius 1 is 0.581 bits per heavy atom. The van der Waals surface area contributed by atoms with Gasteiger partial charge in [0.25, 0.3) is 0 Å². The zero-order valence-corrected chi connectivity index (χ0v) is 27.8. The Kier molecular flexibility index (Phi) is 6.88. The van der Waals surface area contributed by atoms with Crippen molar-refractivity contribution < 1.29 is 0 Å². The van der Waals surface area contributed by atoms with E-state index in [2.05, 4.69) is 142 Å². The summed E-state index contributed by atoms with van der Waals surface area (Å²) in [5.41, 5.74) is 19.7. The molecule has 1 heteroatoms. The molecule has 0 saturated carbocycles. The fraction of sp³-hybridized carbons (Fsp3) is 0.333. The molecule has 1 nitrogen and oxygen atoms in total. The normalized spacial score (nSPS) is 12.8. The van der Waals surface area contributed by atoms with Crippen LogP contribution >= 0.6 is 0 Å². The van der Waals surface area contributed by atoms with E-state index < -0.39 is 0 Å². The molecule has 0 aliphatic rings.